The maximum Gasteiger partial charge on any atom is 0.104 e. The lowest BCUT2D eigenvalue weighted by Gasteiger charge is -2.36. The largest absolute Gasteiger partial charge is 0.369 e. The van der Waals surface area contributed by atoms with Gasteiger partial charge in [-0.25, -0.2) is 0 Å². The summed E-state index contributed by atoms with van der Waals surface area (Å²) < 4.78 is 0. The van der Waals surface area contributed by atoms with Crippen molar-refractivity contribution in [2.75, 3.05) is 0 Å². The zero-order valence-electron chi connectivity index (χ0n) is 31.1. The maximum atomic E-state index is 8.22. The number of nitrogens with two attached hydrogens (primary N) is 1. The lowest BCUT2D eigenvalue weighted by atomic mass is 9.76. The van der Waals surface area contributed by atoms with E-state index in [1.807, 2.05) is 0 Å². The van der Waals surface area contributed by atoms with Crippen LogP contribution >= 0.6 is 11.8 Å². The second-order valence-corrected chi connectivity index (χ2v) is 16.6. The Labute approximate surface area is 315 Å². The van der Waals surface area contributed by atoms with Gasteiger partial charge < -0.3 is 11.1 Å². The number of allylic oxidation sites excluding steroid dienone is 14. The van der Waals surface area contributed by atoms with E-state index in [-0.39, 0.29) is 23.5 Å². The Hall–Kier alpha value is -4.16. The fraction of sp³-hybridized carbons (Fsp3) is 0.340. The molecule has 7 rings (SSSR count). The van der Waals surface area contributed by atoms with Crippen LogP contribution in [-0.4, -0.2) is 10.4 Å². The second kappa shape index (κ2) is 16.2. The number of hydrogen-bond acceptors (Lipinski definition) is 5. The lowest BCUT2D eigenvalue weighted by Crippen LogP contribution is -2.42. The predicted octanol–water partition coefficient (Wildman–Crippen LogP) is 10.8. The van der Waals surface area contributed by atoms with Crippen LogP contribution in [0.2, 0.25) is 0 Å². The van der Waals surface area contributed by atoms with Gasteiger partial charge in [0.1, 0.15) is 6.17 Å². The first kappa shape index (κ1) is 36.2. The van der Waals surface area contributed by atoms with E-state index in [2.05, 4.69) is 166 Å². The van der Waals surface area contributed by atoms with Crippen LogP contribution < -0.4 is 16.4 Å². The summed E-state index contributed by atoms with van der Waals surface area (Å²) in [7, 11) is 0. The van der Waals surface area contributed by atoms with Crippen molar-refractivity contribution in [2.45, 2.75) is 71.0 Å². The molecule has 0 aromatic heterocycles. The summed E-state index contributed by atoms with van der Waals surface area (Å²) in [5.74, 6) is 1.66. The van der Waals surface area contributed by atoms with Crippen LogP contribution in [0.1, 0.15) is 74.0 Å². The molecule has 1 heterocycles. The van der Waals surface area contributed by atoms with E-state index in [1.165, 1.54) is 56.4 Å². The number of benzene rings is 2. The molecule has 0 saturated heterocycles. The van der Waals surface area contributed by atoms with Gasteiger partial charge in [0.25, 0.3) is 0 Å². The molecule has 7 atom stereocenters. The summed E-state index contributed by atoms with van der Waals surface area (Å²) in [5, 5.41) is 16.5. The average Bonchev–Trinajstić information content (AvgIpc) is 3.18. The van der Waals surface area contributed by atoms with Gasteiger partial charge in [-0.15, -0.1) is 0 Å². The molecule has 0 fully saturated rings. The van der Waals surface area contributed by atoms with Crippen molar-refractivity contribution in [1.29, 1.82) is 5.41 Å². The normalized spacial score (nSPS) is 27.6. The van der Waals surface area contributed by atoms with Crippen molar-refractivity contribution >= 4 is 16.8 Å². The van der Waals surface area contributed by atoms with Gasteiger partial charge in [0.15, 0.2) is 0 Å². The van der Waals surface area contributed by atoms with Crippen LogP contribution in [0.15, 0.2) is 156 Å². The van der Waals surface area contributed by atoms with Crippen LogP contribution in [0.5, 0.6) is 0 Å². The highest BCUT2D eigenvalue weighted by molar-refractivity contribution is 8.14. The average molecular weight is 707 g/mol. The van der Waals surface area contributed by atoms with Crippen LogP contribution in [-0.2, 0) is 0 Å². The predicted molar refractivity (Wildman–Crippen MR) is 222 cm³/mol. The first-order chi connectivity index (χ1) is 25.2. The van der Waals surface area contributed by atoms with Crippen molar-refractivity contribution in [2.24, 2.45) is 35.3 Å². The van der Waals surface area contributed by atoms with Crippen LogP contribution in [0.3, 0.4) is 0 Å². The Morgan fingerprint density at radius 2 is 1.56 bits per heavy atom. The molecular weight excluding hydrogens is 653 g/mol. The van der Waals surface area contributed by atoms with Gasteiger partial charge >= 0.3 is 0 Å². The quantitative estimate of drug-likeness (QED) is 0.119. The molecule has 0 saturated carbocycles. The summed E-state index contributed by atoms with van der Waals surface area (Å²) in [6, 6.07) is 17.9. The fourth-order valence-electron chi connectivity index (χ4n) is 7.91. The van der Waals surface area contributed by atoms with Crippen LogP contribution in [0, 0.1) is 48.8 Å². The third kappa shape index (κ3) is 8.55. The lowest BCUT2D eigenvalue weighted by molar-refractivity contribution is 0.395. The summed E-state index contributed by atoms with van der Waals surface area (Å²) in [5.41, 5.74) is 18.4. The van der Waals surface area contributed by atoms with Gasteiger partial charge in [0, 0.05) is 35.3 Å². The molecule has 5 aliphatic rings. The third-order valence-corrected chi connectivity index (χ3v) is 12.3. The molecular formula is C47H54N4S. The Morgan fingerprint density at radius 1 is 0.808 bits per heavy atom. The van der Waals surface area contributed by atoms with Gasteiger partial charge in [-0.1, -0.05) is 164 Å². The molecule has 4 nitrogen and oxygen atoms in total. The highest BCUT2D eigenvalue weighted by Gasteiger charge is 2.29. The van der Waals surface area contributed by atoms with Crippen LogP contribution in [0.25, 0.3) is 0 Å². The fourth-order valence-corrected chi connectivity index (χ4v) is 8.77. The molecule has 0 radical (unpaired) electrons. The summed E-state index contributed by atoms with van der Waals surface area (Å²) in [6.07, 6.45) is 34.8. The van der Waals surface area contributed by atoms with E-state index < -0.39 is 0 Å². The molecule has 1 aliphatic heterocycles. The van der Waals surface area contributed by atoms with Crippen molar-refractivity contribution in [3.05, 3.63) is 178 Å². The van der Waals surface area contributed by atoms with E-state index in [9.17, 15) is 0 Å². The monoisotopic (exact) mass is 706 g/mol. The SMILES string of the molecule is Cc1ccc(C2NC(C3C=C(C4C=CC=C(C5C=C(C6C=CC(C(N)SC(=N)C(C)C)=CC6)C=CC5)C4)C=CC3)=CC(c3cccc(C)c3)N2)cc1. The second-order valence-electron chi connectivity index (χ2n) is 15.4. The van der Waals surface area contributed by atoms with E-state index in [0.717, 1.165) is 31.3 Å². The van der Waals surface area contributed by atoms with Gasteiger partial charge in [-0.05, 0) is 73.5 Å². The first-order valence-electron chi connectivity index (χ1n) is 19.1. The van der Waals surface area contributed by atoms with Crippen molar-refractivity contribution in [3.63, 3.8) is 0 Å². The zero-order valence-corrected chi connectivity index (χ0v) is 31.9. The van der Waals surface area contributed by atoms with E-state index in [1.54, 1.807) is 0 Å². The van der Waals surface area contributed by atoms with E-state index >= 15 is 0 Å². The topological polar surface area (TPSA) is 73.9 Å². The molecule has 0 amide bonds. The molecule has 7 unspecified atom stereocenters. The van der Waals surface area contributed by atoms with Gasteiger partial charge in [-0.3, -0.25) is 10.7 Å². The van der Waals surface area contributed by atoms with Gasteiger partial charge in [0.2, 0.25) is 0 Å². The Morgan fingerprint density at radius 3 is 2.29 bits per heavy atom. The summed E-state index contributed by atoms with van der Waals surface area (Å²) in [4.78, 5) is 0. The number of aryl methyl sites for hydroxylation is 2. The molecule has 0 spiro atoms. The van der Waals surface area contributed by atoms with E-state index in [0.29, 0.717) is 28.7 Å². The maximum absolute atomic E-state index is 8.22. The molecule has 268 valence electrons. The minimum Gasteiger partial charge on any atom is -0.369 e. The summed E-state index contributed by atoms with van der Waals surface area (Å²) >= 11 is 1.47. The molecule has 4 aliphatic carbocycles. The molecule has 2 aromatic rings. The number of rotatable bonds is 9. The van der Waals surface area contributed by atoms with Crippen LogP contribution in [0.4, 0.5) is 0 Å². The molecule has 52 heavy (non-hydrogen) atoms. The molecule has 0 bridgehead atoms. The van der Waals surface area contributed by atoms with E-state index in [4.69, 9.17) is 11.1 Å². The number of nitrogens with one attached hydrogen (secondary N) is 3. The minimum atomic E-state index is -0.180. The summed E-state index contributed by atoms with van der Waals surface area (Å²) in [6.45, 7) is 8.42. The molecule has 5 heteroatoms. The van der Waals surface area contributed by atoms with Crippen molar-refractivity contribution < 1.29 is 0 Å². The Bertz CT molecular complexity index is 1930. The van der Waals surface area contributed by atoms with Gasteiger partial charge in [0.05, 0.1) is 16.5 Å². The Balaban J connectivity index is 1.05. The highest BCUT2D eigenvalue weighted by atomic mass is 32.2. The first-order valence-corrected chi connectivity index (χ1v) is 20.0. The minimum absolute atomic E-state index is 0.0366. The third-order valence-electron chi connectivity index (χ3n) is 11.1. The highest BCUT2D eigenvalue weighted by Crippen LogP contribution is 2.40. The standard InChI is InChI=1S/C47H54N4S/c1-30(2)45(48)52-46(49)34-23-21-33(22-24-34)36-10-6-11-37(26-36)38-12-7-13-39(27-38)40-14-8-16-42(28-40)44-29-43(41-15-5-9-32(4)25-41)50-47(51-44)35-19-17-31(3)18-20-35/h5-10,12-15,17-21,23-26,28-30,33,37,39,42-43,46-48,50-51H,11,16,22,27,49H2,1-4H3. The van der Waals surface area contributed by atoms with Gasteiger partial charge in [-0.2, -0.15) is 0 Å². The molecule has 5 N–H and O–H groups in total. The number of thioether (sulfide) groups is 1. The Kier molecular flexibility index (Phi) is 11.3. The molecule has 2 aromatic carbocycles. The smallest absolute Gasteiger partial charge is 0.104 e. The number of hydrogen-bond donors (Lipinski definition) is 4. The van der Waals surface area contributed by atoms with Crippen molar-refractivity contribution in [3.8, 4) is 0 Å². The van der Waals surface area contributed by atoms with Crippen molar-refractivity contribution in [1.82, 2.24) is 10.6 Å². The zero-order chi connectivity index (χ0) is 36.2.